The number of ketones is 1. The topological polar surface area (TPSA) is 57.7 Å². The Morgan fingerprint density at radius 1 is 0.926 bits per heavy atom. The van der Waals surface area contributed by atoms with Crippen LogP contribution >= 0.6 is 0 Å². The standard InChI is InChI=1S/C21H26N2O3S/c1-18(24)20-9-11-21(12-10-20)22-13-15-23(16-14-22)27(25,26)17-5-8-19-6-3-2-4-7-19/h2-4,6-7,9-12H,5,8,13-17H2,1H3. The van der Waals surface area contributed by atoms with Crippen molar-refractivity contribution in [2.75, 3.05) is 36.8 Å². The van der Waals surface area contributed by atoms with E-state index < -0.39 is 10.0 Å². The maximum atomic E-state index is 12.6. The number of Topliss-reactive ketones (excluding diaryl/α,β-unsaturated/α-hetero) is 1. The first-order chi connectivity index (χ1) is 13.0. The molecule has 144 valence electrons. The zero-order valence-corrected chi connectivity index (χ0v) is 16.5. The molecule has 0 amide bonds. The van der Waals surface area contributed by atoms with E-state index in [1.54, 1.807) is 11.2 Å². The predicted molar refractivity (Wildman–Crippen MR) is 109 cm³/mol. The first-order valence-corrected chi connectivity index (χ1v) is 10.9. The molecule has 0 spiro atoms. The summed E-state index contributed by atoms with van der Waals surface area (Å²) in [4.78, 5) is 13.5. The van der Waals surface area contributed by atoms with Crippen LogP contribution in [-0.2, 0) is 16.4 Å². The largest absolute Gasteiger partial charge is 0.369 e. The molecule has 1 saturated heterocycles. The van der Waals surface area contributed by atoms with E-state index in [-0.39, 0.29) is 11.5 Å². The molecule has 0 saturated carbocycles. The lowest BCUT2D eigenvalue weighted by atomic mass is 10.1. The summed E-state index contributed by atoms with van der Waals surface area (Å²) in [5.41, 5.74) is 2.89. The molecule has 5 nitrogen and oxygen atoms in total. The number of hydrogen-bond donors (Lipinski definition) is 0. The van der Waals surface area contributed by atoms with Crippen LogP contribution in [0.1, 0.15) is 29.3 Å². The summed E-state index contributed by atoms with van der Waals surface area (Å²) in [5.74, 6) is 0.239. The summed E-state index contributed by atoms with van der Waals surface area (Å²) >= 11 is 0. The third-order valence-corrected chi connectivity index (χ3v) is 6.94. The number of carbonyl (C=O) groups is 1. The average molecular weight is 387 g/mol. The van der Waals surface area contributed by atoms with Crippen molar-refractivity contribution in [1.29, 1.82) is 0 Å². The molecule has 0 aromatic heterocycles. The number of hydrogen-bond acceptors (Lipinski definition) is 4. The van der Waals surface area contributed by atoms with Crippen molar-refractivity contribution in [3.05, 3.63) is 65.7 Å². The van der Waals surface area contributed by atoms with Crippen molar-refractivity contribution in [2.24, 2.45) is 0 Å². The van der Waals surface area contributed by atoms with Crippen LogP contribution in [0.5, 0.6) is 0 Å². The highest BCUT2D eigenvalue weighted by molar-refractivity contribution is 7.89. The van der Waals surface area contributed by atoms with Crippen LogP contribution in [0.4, 0.5) is 5.69 Å². The van der Waals surface area contributed by atoms with Gasteiger partial charge >= 0.3 is 0 Å². The van der Waals surface area contributed by atoms with E-state index in [0.717, 1.165) is 12.1 Å². The molecule has 0 aliphatic carbocycles. The number of rotatable bonds is 7. The van der Waals surface area contributed by atoms with Crippen molar-refractivity contribution in [3.63, 3.8) is 0 Å². The van der Waals surface area contributed by atoms with Crippen LogP contribution in [0.3, 0.4) is 0 Å². The molecule has 6 heteroatoms. The molecule has 0 radical (unpaired) electrons. The maximum Gasteiger partial charge on any atom is 0.214 e. The molecule has 0 unspecified atom stereocenters. The number of carbonyl (C=O) groups excluding carboxylic acids is 1. The summed E-state index contributed by atoms with van der Waals surface area (Å²) in [7, 11) is -3.22. The molecular weight excluding hydrogens is 360 g/mol. The van der Waals surface area contributed by atoms with Crippen molar-refractivity contribution in [1.82, 2.24) is 4.31 Å². The Bertz CT molecular complexity index is 856. The molecule has 2 aromatic rings. The maximum absolute atomic E-state index is 12.6. The number of piperazine rings is 1. The summed E-state index contributed by atoms with van der Waals surface area (Å²) in [6.07, 6.45) is 1.42. The number of aryl methyl sites for hydroxylation is 1. The van der Waals surface area contributed by atoms with Gasteiger partial charge in [-0.15, -0.1) is 0 Å². The monoisotopic (exact) mass is 386 g/mol. The minimum Gasteiger partial charge on any atom is -0.369 e. The normalized spacial score (nSPS) is 15.7. The van der Waals surface area contributed by atoms with Gasteiger partial charge in [0.15, 0.2) is 5.78 Å². The zero-order chi connectivity index (χ0) is 19.3. The highest BCUT2D eigenvalue weighted by Gasteiger charge is 2.26. The van der Waals surface area contributed by atoms with Gasteiger partial charge in [-0.1, -0.05) is 30.3 Å². The fourth-order valence-electron chi connectivity index (χ4n) is 3.36. The van der Waals surface area contributed by atoms with E-state index >= 15 is 0 Å². The van der Waals surface area contributed by atoms with E-state index in [0.29, 0.717) is 38.2 Å². The van der Waals surface area contributed by atoms with Gasteiger partial charge in [-0.05, 0) is 49.6 Å². The van der Waals surface area contributed by atoms with E-state index in [1.807, 2.05) is 54.6 Å². The smallest absolute Gasteiger partial charge is 0.214 e. The van der Waals surface area contributed by atoms with Crippen molar-refractivity contribution in [2.45, 2.75) is 19.8 Å². The summed E-state index contributed by atoms with van der Waals surface area (Å²) < 4.78 is 26.8. The summed E-state index contributed by atoms with van der Waals surface area (Å²) in [6.45, 7) is 3.88. The Morgan fingerprint density at radius 2 is 1.56 bits per heavy atom. The molecular formula is C21H26N2O3S. The molecule has 1 heterocycles. The first-order valence-electron chi connectivity index (χ1n) is 9.33. The summed E-state index contributed by atoms with van der Waals surface area (Å²) in [5, 5.41) is 0. The highest BCUT2D eigenvalue weighted by Crippen LogP contribution is 2.19. The highest BCUT2D eigenvalue weighted by atomic mass is 32.2. The molecule has 0 N–H and O–H groups in total. The van der Waals surface area contributed by atoms with Crippen LogP contribution in [0.2, 0.25) is 0 Å². The first kappa shape index (κ1) is 19.6. The van der Waals surface area contributed by atoms with Crippen LogP contribution in [0.25, 0.3) is 0 Å². The van der Waals surface area contributed by atoms with Gasteiger partial charge in [0.1, 0.15) is 0 Å². The molecule has 0 atom stereocenters. The lowest BCUT2D eigenvalue weighted by molar-refractivity contribution is 0.101. The Balaban J connectivity index is 1.50. The van der Waals surface area contributed by atoms with Crippen LogP contribution < -0.4 is 4.90 Å². The Labute approximate surface area is 161 Å². The minimum absolute atomic E-state index is 0.0490. The van der Waals surface area contributed by atoms with Gasteiger partial charge in [0, 0.05) is 37.4 Å². The predicted octanol–water partition coefficient (Wildman–Crippen LogP) is 2.97. The Hall–Kier alpha value is -2.18. The van der Waals surface area contributed by atoms with Gasteiger partial charge in [-0.25, -0.2) is 8.42 Å². The van der Waals surface area contributed by atoms with E-state index in [9.17, 15) is 13.2 Å². The molecule has 3 rings (SSSR count). The second-order valence-corrected chi connectivity index (χ2v) is 8.98. The van der Waals surface area contributed by atoms with Gasteiger partial charge in [0.25, 0.3) is 0 Å². The van der Waals surface area contributed by atoms with Gasteiger partial charge in [-0.2, -0.15) is 4.31 Å². The molecule has 2 aromatic carbocycles. The number of benzene rings is 2. The lowest BCUT2D eigenvalue weighted by Crippen LogP contribution is -2.49. The Morgan fingerprint density at radius 3 is 2.15 bits per heavy atom. The van der Waals surface area contributed by atoms with E-state index in [4.69, 9.17) is 0 Å². The lowest BCUT2D eigenvalue weighted by Gasteiger charge is -2.35. The van der Waals surface area contributed by atoms with Crippen molar-refractivity contribution < 1.29 is 13.2 Å². The van der Waals surface area contributed by atoms with Crippen molar-refractivity contribution in [3.8, 4) is 0 Å². The second-order valence-electron chi connectivity index (χ2n) is 6.89. The molecule has 0 bridgehead atoms. The minimum atomic E-state index is -3.22. The molecule has 1 aliphatic rings. The third-order valence-electron chi connectivity index (χ3n) is 4.98. The molecule has 1 aliphatic heterocycles. The number of nitrogens with zero attached hydrogens (tertiary/aromatic N) is 2. The van der Waals surface area contributed by atoms with E-state index in [1.165, 1.54) is 5.56 Å². The Kier molecular flexibility index (Phi) is 6.29. The van der Waals surface area contributed by atoms with Crippen LogP contribution in [0, 0.1) is 0 Å². The van der Waals surface area contributed by atoms with Crippen LogP contribution in [-0.4, -0.2) is 50.4 Å². The zero-order valence-electron chi connectivity index (χ0n) is 15.7. The summed E-state index contributed by atoms with van der Waals surface area (Å²) in [6, 6.07) is 17.5. The second kappa shape index (κ2) is 8.67. The molecule has 1 fully saturated rings. The van der Waals surface area contributed by atoms with Gasteiger partial charge in [-0.3, -0.25) is 4.79 Å². The van der Waals surface area contributed by atoms with Gasteiger partial charge in [0.05, 0.1) is 5.75 Å². The van der Waals surface area contributed by atoms with Crippen LogP contribution in [0.15, 0.2) is 54.6 Å². The SMILES string of the molecule is CC(=O)c1ccc(N2CCN(S(=O)(=O)CCCc3ccccc3)CC2)cc1. The fourth-order valence-corrected chi connectivity index (χ4v) is 4.85. The average Bonchev–Trinajstić information content (AvgIpc) is 2.69. The van der Waals surface area contributed by atoms with Crippen molar-refractivity contribution >= 4 is 21.5 Å². The quantitative estimate of drug-likeness (QED) is 0.687. The van der Waals surface area contributed by atoms with Gasteiger partial charge in [0.2, 0.25) is 10.0 Å². The molecule has 27 heavy (non-hydrogen) atoms. The number of sulfonamides is 1. The number of anilines is 1. The fraction of sp³-hybridized carbons (Fsp3) is 0.381. The van der Waals surface area contributed by atoms with E-state index in [2.05, 4.69) is 4.90 Å². The van der Waals surface area contributed by atoms with Gasteiger partial charge < -0.3 is 4.90 Å². The third kappa shape index (κ3) is 5.17.